The molecule has 0 radical (unpaired) electrons. The standard InChI is InChI=1S/C13H19NO3/c1-10-2-4-14(5-3-10)8-11-6-12(17-9-11)7-13(15)16/h6,9-10H,2-5,7-8H2,1H3,(H,15,16). The molecule has 1 aromatic heterocycles. The number of hydrogen-bond donors (Lipinski definition) is 1. The molecule has 94 valence electrons. The lowest BCUT2D eigenvalue weighted by atomic mass is 9.99. The number of likely N-dealkylation sites (tertiary alicyclic amines) is 1. The Morgan fingerprint density at radius 1 is 1.53 bits per heavy atom. The van der Waals surface area contributed by atoms with Crippen LogP contribution in [0.2, 0.25) is 0 Å². The van der Waals surface area contributed by atoms with Crippen molar-refractivity contribution >= 4 is 5.97 Å². The molecule has 1 saturated heterocycles. The Morgan fingerprint density at radius 2 is 2.24 bits per heavy atom. The normalized spacial score (nSPS) is 18.4. The second kappa shape index (κ2) is 5.36. The summed E-state index contributed by atoms with van der Waals surface area (Å²) in [7, 11) is 0. The molecule has 0 saturated carbocycles. The highest BCUT2D eigenvalue weighted by molar-refractivity contribution is 5.69. The smallest absolute Gasteiger partial charge is 0.311 e. The second-order valence-electron chi connectivity index (χ2n) is 4.95. The van der Waals surface area contributed by atoms with Crippen molar-refractivity contribution in [2.45, 2.75) is 32.7 Å². The number of piperidine rings is 1. The van der Waals surface area contributed by atoms with Crippen LogP contribution in [0, 0.1) is 5.92 Å². The van der Waals surface area contributed by atoms with Gasteiger partial charge in [0.2, 0.25) is 0 Å². The zero-order valence-electron chi connectivity index (χ0n) is 10.2. The summed E-state index contributed by atoms with van der Waals surface area (Å²) in [6.07, 6.45) is 4.15. The third-order valence-corrected chi connectivity index (χ3v) is 3.32. The molecule has 4 nitrogen and oxygen atoms in total. The van der Waals surface area contributed by atoms with Crippen LogP contribution >= 0.6 is 0 Å². The summed E-state index contributed by atoms with van der Waals surface area (Å²) in [5.74, 6) is 0.522. The van der Waals surface area contributed by atoms with Crippen LogP contribution in [-0.2, 0) is 17.8 Å². The van der Waals surface area contributed by atoms with Gasteiger partial charge in [-0.1, -0.05) is 6.92 Å². The Labute approximate surface area is 101 Å². The van der Waals surface area contributed by atoms with E-state index in [9.17, 15) is 4.79 Å². The Hall–Kier alpha value is -1.29. The minimum absolute atomic E-state index is 0.0307. The van der Waals surface area contributed by atoms with E-state index in [2.05, 4.69) is 11.8 Å². The van der Waals surface area contributed by atoms with Crippen molar-refractivity contribution in [2.24, 2.45) is 5.92 Å². The van der Waals surface area contributed by atoms with E-state index in [1.807, 2.05) is 6.07 Å². The molecule has 0 spiro atoms. The average molecular weight is 237 g/mol. The van der Waals surface area contributed by atoms with Crippen LogP contribution in [0.1, 0.15) is 31.1 Å². The summed E-state index contributed by atoms with van der Waals surface area (Å²) >= 11 is 0. The van der Waals surface area contributed by atoms with E-state index in [4.69, 9.17) is 9.52 Å². The first-order valence-electron chi connectivity index (χ1n) is 6.14. The number of hydrogen-bond acceptors (Lipinski definition) is 3. The van der Waals surface area contributed by atoms with Crippen molar-refractivity contribution in [2.75, 3.05) is 13.1 Å². The third-order valence-electron chi connectivity index (χ3n) is 3.32. The Bertz CT molecular complexity index is 378. The summed E-state index contributed by atoms with van der Waals surface area (Å²) in [6.45, 7) is 5.41. The Morgan fingerprint density at radius 3 is 2.88 bits per heavy atom. The van der Waals surface area contributed by atoms with Gasteiger partial charge < -0.3 is 9.52 Å². The molecule has 0 bridgehead atoms. The van der Waals surface area contributed by atoms with Gasteiger partial charge in [0.15, 0.2) is 0 Å². The van der Waals surface area contributed by atoms with Crippen molar-refractivity contribution < 1.29 is 14.3 Å². The molecule has 0 amide bonds. The van der Waals surface area contributed by atoms with Crippen molar-refractivity contribution in [3.05, 3.63) is 23.7 Å². The number of carbonyl (C=O) groups is 1. The first kappa shape index (κ1) is 12.2. The van der Waals surface area contributed by atoms with Gasteiger partial charge in [0, 0.05) is 12.1 Å². The van der Waals surface area contributed by atoms with Gasteiger partial charge in [-0.25, -0.2) is 0 Å². The van der Waals surface area contributed by atoms with Gasteiger partial charge in [-0.2, -0.15) is 0 Å². The fourth-order valence-electron chi connectivity index (χ4n) is 2.23. The number of furan rings is 1. The van der Waals surface area contributed by atoms with Crippen LogP contribution in [0.5, 0.6) is 0 Å². The summed E-state index contributed by atoms with van der Waals surface area (Å²) in [5.41, 5.74) is 1.08. The number of rotatable bonds is 4. The van der Waals surface area contributed by atoms with Gasteiger partial charge in [-0.05, 0) is 37.9 Å². The monoisotopic (exact) mass is 237 g/mol. The number of carboxylic acids is 1. The molecule has 1 N–H and O–H groups in total. The van der Waals surface area contributed by atoms with Gasteiger partial charge in [-0.3, -0.25) is 9.69 Å². The predicted octanol–water partition coefficient (Wildman–Crippen LogP) is 2.14. The summed E-state index contributed by atoms with van der Waals surface area (Å²) in [4.78, 5) is 12.9. The first-order chi connectivity index (χ1) is 8.13. The summed E-state index contributed by atoms with van der Waals surface area (Å²) in [6, 6.07) is 1.85. The van der Waals surface area contributed by atoms with Crippen LogP contribution < -0.4 is 0 Å². The van der Waals surface area contributed by atoms with E-state index < -0.39 is 5.97 Å². The van der Waals surface area contributed by atoms with Crippen LogP contribution in [0.4, 0.5) is 0 Å². The van der Waals surface area contributed by atoms with E-state index in [0.29, 0.717) is 5.76 Å². The second-order valence-corrected chi connectivity index (χ2v) is 4.95. The maximum Gasteiger partial charge on any atom is 0.311 e. The highest BCUT2D eigenvalue weighted by Crippen LogP contribution is 2.19. The summed E-state index contributed by atoms with van der Waals surface area (Å²) in [5, 5.41) is 8.66. The molecule has 0 atom stereocenters. The molecule has 1 aliphatic rings. The molecule has 1 aromatic rings. The molecule has 1 fully saturated rings. The lowest BCUT2D eigenvalue weighted by molar-refractivity contribution is -0.136. The molecule has 0 aliphatic carbocycles. The number of aliphatic carboxylic acids is 1. The molecule has 1 aliphatic heterocycles. The average Bonchev–Trinajstić information content (AvgIpc) is 2.68. The molecule has 0 aromatic carbocycles. The fraction of sp³-hybridized carbons (Fsp3) is 0.615. The largest absolute Gasteiger partial charge is 0.481 e. The molecular formula is C13H19NO3. The van der Waals surface area contributed by atoms with E-state index in [-0.39, 0.29) is 6.42 Å². The molecule has 17 heavy (non-hydrogen) atoms. The van der Waals surface area contributed by atoms with Crippen LogP contribution in [-0.4, -0.2) is 29.1 Å². The molecule has 2 rings (SSSR count). The van der Waals surface area contributed by atoms with Crippen molar-refractivity contribution in [3.8, 4) is 0 Å². The predicted molar refractivity (Wildman–Crippen MR) is 63.7 cm³/mol. The SMILES string of the molecule is CC1CCN(Cc2coc(CC(=O)O)c2)CC1. The number of nitrogens with zero attached hydrogens (tertiary/aromatic N) is 1. The van der Waals surface area contributed by atoms with Crippen molar-refractivity contribution in [1.29, 1.82) is 0 Å². The van der Waals surface area contributed by atoms with Crippen LogP contribution in [0.15, 0.2) is 16.7 Å². The van der Waals surface area contributed by atoms with Crippen LogP contribution in [0.25, 0.3) is 0 Å². The first-order valence-corrected chi connectivity index (χ1v) is 6.14. The maximum atomic E-state index is 10.5. The zero-order chi connectivity index (χ0) is 12.3. The third kappa shape index (κ3) is 3.60. The van der Waals surface area contributed by atoms with Crippen LogP contribution in [0.3, 0.4) is 0 Å². The Balaban J connectivity index is 1.86. The van der Waals surface area contributed by atoms with E-state index in [1.165, 1.54) is 12.8 Å². The van der Waals surface area contributed by atoms with Gasteiger partial charge in [0.05, 0.1) is 6.26 Å². The zero-order valence-corrected chi connectivity index (χ0v) is 10.2. The van der Waals surface area contributed by atoms with Gasteiger partial charge in [0.25, 0.3) is 0 Å². The Kier molecular flexibility index (Phi) is 3.84. The lowest BCUT2D eigenvalue weighted by Gasteiger charge is -2.29. The van der Waals surface area contributed by atoms with Gasteiger partial charge in [0.1, 0.15) is 12.2 Å². The van der Waals surface area contributed by atoms with E-state index in [1.54, 1.807) is 6.26 Å². The number of carboxylic acid groups (broad SMARTS) is 1. The molecular weight excluding hydrogens is 218 g/mol. The highest BCUT2D eigenvalue weighted by Gasteiger charge is 2.16. The lowest BCUT2D eigenvalue weighted by Crippen LogP contribution is -2.32. The summed E-state index contributed by atoms with van der Waals surface area (Å²) < 4.78 is 5.23. The van der Waals surface area contributed by atoms with Gasteiger partial charge >= 0.3 is 5.97 Å². The molecule has 2 heterocycles. The minimum Gasteiger partial charge on any atom is -0.481 e. The molecule has 0 unspecified atom stereocenters. The van der Waals surface area contributed by atoms with Crippen molar-refractivity contribution in [3.63, 3.8) is 0 Å². The van der Waals surface area contributed by atoms with E-state index >= 15 is 0 Å². The molecule has 4 heteroatoms. The van der Waals surface area contributed by atoms with Crippen molar-refractivity contribution in [1.82, 2.24) is 4.90 Å². The maximum absolute atomic E-state index is 10.5. The quantitative estimate of drug-likeness (QED) is 0.871. The van der Waals surface area contributed by atoms with E-state index in [0.717, 1.165) is 31.1 Å². The topological polar surface area (TPSA) is 53.7 Å². The van der Waals surface area contributed by atoms with Gasteiger partial charge in [-0.15, -0.1) is 0 Å². The highest BCUT2D eigenvalue weighted by atomic mass is 16.4. The fourth-order valence-corrected chi connectivity index (χ4v) is 2.23. The minimum atomic E-state index is -0.849.